The standard InChI is InChI=1S/C16H26N2O/c1-3-18-11-7-10-15(18)12-17(2)13-16(19)14-8-5-4-6-9-14/h4-6,8-9,15-16,19H,3,7,10-13H2,1-2H3. The highest BCUT2D eigenvalue weighted by Crippen LogP contribution is 2.19. The zero-order valence-corrected chi connectivity index (χ0v) is 12.1. The molecule has 0 bridgehead atoms. The molecule has 1 aliphatic heterocycles. The third-order valence-corrected chi connectivity index (χ3v) is 4.10. The van der Waals surface area contributed by atoms with E-state index < -0.39 is 0 Å². The largest absolute Gasteiger partial charge is 0.387 e. The van der Waals surface area contributed by atoms with Crippen LogP contribution in [0.5, 0.6) is 0 Å². The molecule has 0 aromatic heterocycles. The third-order valence-electron chi connectivity index (χ3n) is 4.10. The summed E-state index contributed by atoms with van der Waals surface area (Å²) in [7, 11) is 2.11. The highest BCUT2D eigenvalue weighted by molar-refractivity contribution is 5.17. The Morgan fingerprint density at radius 1 is 1.37 bits per heavy atom. The molecule has 0 spiro atoms. The van der Waals surface area contributed by atoms with Crippen LogP contribution >= 0.6 is 0 Å². The fourth-order valence-electron chi connectivity index (χ4n) is 3.03. The van der Waals surface area contributed by atoms with E-state index in [0.717, 1.165) is 18.7 Å². The molecule has 0 saturated carbocycles. The summed E-state index contributed by atoms with van der Waals surface area (Å²) in [6.07, 6.45) is 2.22. The number of rotatable bonds is 6. The van der Waals surface area contributed by atoms with E-state index in [9.17, 15) is 5.11 Å². The minimum atomic E-state index is -0.386. The van der Waals surface area contributed by atoms with Gasteiger partial charge in [0.25, 0.3) is 0 Å². The minimum absolute atomic E-state index is 0.386. The van der Waals surface area contributed by atoms with Crippen LogP contribution in [-0.4, -0.2) is 54.2 Å². The number of hydrogen-bond acceptors (Lipinski definition) is 3. The Balaban J connectivity index is 1.82. The minimum Gasteiger partial charge on any atom is -0.387 e. The molecule has 1 aromatic rings. The first-order chi connectivity index (χ1) is 9.20. The van der Waals surface area contributed by atoms with Crippen LogP contribution in [0.3, 0.4) is 0 Å². The predicted octanol–water partition coefficient (Wildman–Crippen LogP) is 2.14. The Kier molecular flexibility index (Phi) is 5.37. The van der Waals surface area contributed by atoms with Gasteiger partial charge in [0.05, 0.1) is 6.10 Å². The second kappa shape index (κ2) is 7.04. The maximum Gasteiger partial charge on any atom is 0.0916 e. The maximum absolute atomic E-state index is 10.2. The van der Waals surface area contributed by atoms with Gasteiger partial charge in [-0.3, -0.25) is 4.90 Å². The fourth-order valence-corrected chi connectivity index (χ4v) is 3.03. The summed E-state index contributed by atoms with van der Waals surface area (Å²) in [4.78, 5) is 4.81. The predicted molar refractivity (Wildman–Crippen MR) is 79.2 cm³/mol. The van der Waals surface area contributed by atoms with E-state index in [2.05, 4.69) is 23.8 Å². The van der Waals surface area contributed by atoms with Gasteiger partial charge in [0.2, 0.25) is 0 Å². The van der Waals surface area contributed by atoms with Crippen molar-refractivity contribution < 1.29 is 5.11 Å². The van der Waals surface area contributed by atoms with Crippen LogP contribution < -0.4 is 0 Å². The summed E-state index contributed by atoms with van der Waals surface area (Å²) in [5.74, 6) is 0. The summed E-state index contributed by atoms with van der Waals surface area (Å²) in [6.45, 7) is 6.36. The van der Waals surface area contributed by atoms with Crippen LogP contribution in [-0.2, 0) is 0 Å². The molecule has 1 saturated heterocycles. The van der Waals surface area contributed by atoms with Crippen molar-refractivity contribution in [2.24, 2.45) is 0 Å². The van der Waals surface area contributed by atoms with E-state index in [-0.39, 0.29) is 6.10 Å². The molecule has 3 nitrogen and oxygen atoms in total. The molecular weight excluding hydrogens is 236 g/mol. The number of benzene rings is 1. The van der Waals surface area contributed by atoms with E-state index >= 15 is 0 Å². The molecule has 1 N–H and O–H groups in total. The number of nitrogens with zero attached hydrogens (tertiary/aromatic N) is 2. The van der Waals surface area contributed by atoms with E-state index in [4.69, 9.17) is 0 Å². The zero-order chi connectivity index (χ0) is 13.7. The Bertz CT molecular complexity index is 368. The van der Waals surface area contributed by atoms with Gasteiger partial charge in [-0.2, -0.15) is 0 Å². The Morgan fingerprint density at radius 3 is 2.79 bits per heavy atom. The Morgan fingerprint density at radius 2 is 2.11 bits per heavy atom. The molecule has 0 aliphatic carbocycles. The molecule has 2 rings (SSSR count). The van der Waals surface area contributed by atoms with Crippen molar-refractivity contribution in [2.45, 2.75) is 31.9 Å². The quantitative estimate of drug-likeness (QED) is 0.851. The van der Waals surface area contributed by atoms with Gasteiger partial charge in [-0.15, -0.1) is 0 Å². The van der Waals surface area contributed by atoms with Gasteiger partial charge >= 0.3 is 0 Å². The maximum atomic E-state index is 10.2. The second-order valence-electron chi connectivity index (χ2n) is 5.57. The van der Waals surface area contributed by atoms with Gasteiger partial charge in [0.1, 0.15) is 0 Å². The number of likely N-dealkylation sites (N-methyl/N-ethyl adjacent to an activating group) is 2. The summed E-state index contributed by atoms with van der Waals surface area (Å²) in [5.41, 5.74) is 1.01. The van der Waals surface area contributed by atoms with E-state index in [1.165, 1.54) is 19.4 Å². The van der Waals surface area contributed by atoms with Crippen LogP contribution in [0.25, 0.3) is 0 Å². The smallest absolute Gasteiger partial charge is 0.0916 e. The van der Waals surface area contributed by atoms with E-state index in [1.54, 1.807) is 0 Å². The van der Waals surface area contributed by atoms with Crippen LogP contribution in [0, 0.1) is 0 Å². The fraction of sp³-hybridized carbons (Fsp3) is 0.625. The van der Waals surface area contributed by atoms with Gasteiger partial charge < -0.3 is 10.0 Å². The number of likely N-dealkylation sites (tertiary alicyclic amines) is 1. The lowest BCUT2D eigenvalue weighted by atomic mass is 10.1. The molecule has 1 aromatic carbocycles. The first kappa shape index (κ1) is 14.5. The van der Waals surface area contributed by atoms with Crippen molar-refractivity contribution in [1.29, 1.82) is 0 Å². The number of hydrogen-bond donors (Lipinski definition) is 1. The molecule has 106 valence electrons. The van der Waals surface area contributed by atoms with Crippen LogP contribution in [0.15, 0.2) is 30.3 Å². The monoisotopic (exact) mass is 262 g/mol. The molecule has 19 heavy (non-hydrogen) atoms. The lowest BCUT2D eigenvalue weighted by Gasteiger charge is -2.29. The molecule has 0 radical (unpaired) electrons. The summed E-state index contributed by atoms with van der Waals surface area (Å²) >= 11 is 0. The summed E-state index contributed by atoms with van der Waals surface area (Å²) in [6, 6.07) is 10.6. The van der Waals surface area contributed by atoms with Gasteiger partial charge in [-0.1, -0.05) is 37.3 Å². The molecule has 1 heterocycles. The molecule has 3 heteroatoms. The first-order valence-electron chi connectivity index (χ1n) is 7.36. The molecule has 1 aliphatic rings. The van der Waals surface area contributed by atoms with Crippen molar-refractivity contribution in [3.8, 4) is 0 Å². The zero-order valence-electron chi connectivity index (χ0n) is 12.1. The summed E-state index contributed by atoms with van der Waals surface area (Å²) < 4.78 is 0. The van der Waals surface area contributed by atoms with Crippen LogP contribution in [0.4, 0.5) is 0 Å². The lowest BCUT2D eigenvalue weighted by Crippen LogP contribution is -2.40. The highest BCUT2D eigenvalue weighted by Gasteiger charge is 2.24. The van der Waals surface area contributed by atoms with Gasteiger partial charge in [-0.05, 0) is 38.5 Å². The average Bonchev–Trinajstić information content (AvgIpc) is 2.86. The molecule has 2 atom stereocenters. The van der Waals surface area contributed by atoms with E-state index in [1.807, 2.05) is 30.3 Å². The Hall–Kier alpha value is -0.900. The van der Waals surface area contributed by atoms with Crippen molar-refractivity contribution in [3.05, 3.63) is 35.9 Å². The Labute approximate surface area is 116 Å². The number of aliphatic hydroxyl groups excluding tert-OH is 1. The van der Waals surface area contributed by atoms with Gasteiger partial charge in [0, 0.05) is 19.1 Å². The molecule has 2 unspecified atom stereocenters. The molecule has 0 amide bonds. The molecule has 1 fully saturated rings. The third kappa shape index (κ3) is 4.03. The van der Waals surface area contributed by atoms with Crippen molar-refractivity contribution in [2.75, 3.05) is 33.2 Å². The highest BCUT2D eigenvalue weighted by atomic mass is 16.3. The molecular formula is C16H26N2O. The summed E-state index contributed by atoms with van der Waals surface area (Å²) in [5, 5.41) is 10.2. The SMILES string of the molecule is CCN1CCCC1CN(C)CC(O)c1ccccc1. The van der Waals surface area contributed by atoms with Crippen molar-refractivity contribution in [1.82, 2.24) is 9.80 Å². The number of aliphatic hydroxyl groups is 1. The van der Waals surface area contributed by atoms with Crippen molar-refractivity contribution in [3.63, 3.8) is 0 Å². The lowest BCUT2D eigenvalue weighted by molar-refractivity contribution is 0.109. The van der Waals surface area contributed by atoms with Gasteiger partial charge in [-0.25, -0.2) is 0 Å². The first-order valence-corrected chi connectivity index (χ1v) is 7.36. The van der Waals surface area contributed by atoms with E-state index in [0.29, 0.717) is 12.6 Å². The van der Waals surface area contributed by atoms with Crippen LogP contribution in [0.1, 0.15) is 31.4 Å². The van der Waals surface area contributed by atoms with Crippen LogP contribution in [0.2, 0.25) is 0 Å². The normalized spacial score (nSPS) is 22.0. The average molecular weight is 262 g/mol. The topological polar surface area (TPSA) is 26.7 Å². The van der Waals surface area contributed by atoms with Gasteiger partial charge in [0.15, 0.2) is 0 Å². The second-order valence-corrected chi connectivity index (χ2v) is 5.57. The van der Waals surface area contributed by atoms with Crippen molar-refractivity contribution >= 4 is 0 Å².